The number of benzene rings is 2. The molecule has 0 fully saturated rings. The lowest BCUT2D eigenvalue weighted by Crippen LogP contribution is -2.28. The summed E-state index contributed by atoms with van der Waals surface area (Å²) >= 11 is 3.48. The summed E-state index contributed by atoms with van der Waals surface area (Å²) in [7, 11) is 0. The Morgan fingerprint density at radius 3 is 2.52 bits per heavy atom. The zero-order valence-corrected chi connectivity index (χ0v) is 13.9. The summed E-state index contributed by atoms with van der Waals surface area (Å²) in [5.41, 5.74) is 8.25. The lowest BCUT2D eigenvalue weighted by molar-refractivity contribution is 0.431. The van der Waals surface area contributed by atoms with Gasteiger partial charge >= 0.3 is 0 Å². The summed E-state index contributed by atoms with van der Waals surface area (Å²) in [5, 5.41) is 7.81. The molecule has 1 aliphatic heterocycles. The average Bonchev–Trinajstić information content (AvgIpc) is 2.95. The summed E-state index contributed by atoms with van der Waals surface area (Å²) in [4.78, 5) is 4.33. The first-order valence-corrected chi connectivity index (χ1v) is 8.29. The number of halogens is 1. The standard InChI is InChI=1S/C17H16BrN5/c18-13-8-6-11(7-9-13)14-10-15(12-4-2-1-3-5-12)23-17(20-14)21-16(19)22-23/h1-9,14-15H,10H2,(H3,19,20,21,22). The van der Waals surface area contributed by atoms with Gasteiger partial charge in [-0.1, -0.05) is 58.4 Å². The molecule has 0 aliphatic carbocycles. The monoisotopic (exact) mass is 369 g/mol. The maximum Gasteiger partial charge on any atom is 0.241 e. The smallest absolute Gasteiger partial charge is 0.241 e. The van der Waals surface area contributed by atoms with Gasteiger partial charge in [0.2, 0.25) is 11.9 Å². The first-order valence-electron chi connectivity index (χ1n) is 7.49. The van der Waals surface area contributed by atoms with E-state index >= 15 is 0 Å². The molecule has 4 rings (SSSR count). The van der Waals surface area contributed by atoms with E-state index in [1.54, 1.807) is 0 Å². The molecule has 2 unspecified atom stereocenters. The minimum atomic E-state index is 0.117. The Morgan fingerprint density at radius 1 is 1.04 bits per heavy atom. The number of nitrogens with zero attached hydrogens (tertiary/aromatic N) is 3. The van der Waals surface area contributed by atoms with Crippen LogP contribution in [0.4, 0.5) is 11.9 Å². The van der Waals surface area contributed by atoms with Crippen LogP contribution < -0.4 is 11.1 Å². The van der Waals surface area contributed by atoms with Crippen LogP contribution in [0, 0.1) is 0 Å². The van der Waals surface area contributed by atoms with E-state index in [0.29, 0.717) is 5.95 Å². The molecule has 0 bridgehead atoms. The molecule has 1 aliphatic rings. The van der Waals surface area contributed by atoms with Crippen LogP contribution in [0.5, 0.6) is 0 Å². The Morgan fingerprint density at radius 2 is 1.78 bits per heavy atom. The third-order valence-corrected chi connectivity index (χ3v) is 4.69. The van der Waals surface area contributed by atoms with Gasteiger partial charge in [-0.2, -0.15) is 4.98 Å². The van der Waals surface area contributed by atoms with Gasteiger partial charge < -0.3 is 11.1 Å². The molecule has 3 N–H and O–H groups in total. The van der Waals surface area contributed by atoms with E-state index in [1.165, 1.54) is 11.1 Å². The van der Waals surface area contributed by atoms with E-state index in [9.17, 15) is 0 Å². The van der Waals surface area contributed by atoms with Crippen molar-refractivity contribution in [1.29, 1.82) is 0 Å². The number of nitrogens with one attached hydrogen (secondary N) is 1. The highest BCUT2D eigenvalue weighted by Gasteiger charge is 2.30. The fraction of sp³-hybridized carbons (Fsp3) is 0.176. The number of rotatable bonds is 2. The second-order valence-corrected chi connectivity index (χ2v) is 6.56. The number of fused-ring (bicyclic) bond motifs is 1. The Kier molecular flexibility index (Phi) is 3.53. The maximum absolute atomic E-state index is 5.81. The molecule has 0 amide bonds. The normalized spacial score (nSPS) is 19.9. The number of hydrogen-bond acceptors (Lipinski definition) is 4. The summed E-state index contributed by atoms with van der Waals surface area (Å²) in [6.45, 7) is 0. The van der Waals surface area contributed by atoms with Gasteiger partial charge in [-0.3, -0.25) is 0 Å². The fourth-order valence-corrected chi connectivity index (χ4v) is 3.32. The van der Waals surface area contributed by atoms with Crippen LogP contribution in [-0.2, 0) is 0 Å². The third-order valence-electron chi connectivity index (χ3n) is 4.16. The van der Waals surface area contributed by atoms with E-state index in [0.717, 1.165) is 16.8 Å². The Hall–Kier alpha value is -2.34. The van der Waals surface area contributed by atoms with Crippen LogP contribution in [0.15, 0.2) is 59.1 Å². The predicted octanol–water partition coefficient (Wildman–Crippen LogP) is 3.77. The largest absolute Gasteiger partial charge is 0.366 e. The number of aromatic nitrogens is 3. The summed E-state index contributed by atoms with van der Waals surface area (Å²) in [5.74, 6) is 1.01. The van der Waals surface area contributed by atoms with Crippen molar-refractivity contribution in [1.82, 2.24) is 14.8 Å². The molecule has 0 saturated carbocycles. The van der Waals surface area contributed by atoms with Crippen LogP contribution in [0.2, 0.25) is 0 Å². The highest BCUT2D eigenvalue weighted by Crippen LogP contribution is 2.38. The van der Waals surface area contributed by atoms with Gasteiger partial charge in [0.05, 0.1) is 12.1 Å². The van der Waals surface area contributed by atoms with E-state index in [-0.39, 0.29) is 12.1 Å². The molecule has 2 heterocycles. The van der Waals surface area contributed by atoms with E-state index in [1.807, 2.05) is 22.9 Å². The second kappa shape index (κ2) is 5.70. The molecule has 3 aromatic rings. The van der Waals surface area contributed by atoms with Crippen molar-refractivity contribution < 1.29 is 0 Å². The van der Waals surface area contributed by atoms with Crippen LogP contribution in [0.1, 0.15) is 29.6 Å². The average molecular weight is 370 g/mol. The number of anilines is 2. The number of nitrogen functional groups attached to an aromatic ring is 1. The van der Waals surface area contributed by atoms with Crippen molar-refractivity contribution >= 4 is 27.8 Å². The van der Waals surface area contributed by atoms with E-state index in [2.05, 4.69) is 67.7 Å². The third kappa shape index (κ3) is 2.70. The van der Waals surface area contributed by atoms with Gasteiger partial charge in [-0.15, -0.1) is 5.10 Å². The van der Waals surface area contributed by atoms with Crippen LogP contribution in [0.3, 0.4) is 0 Å². The van der Waals surface area contributed by atoms with Gasteiger partial charge in [0.1, 0.15) is 0 Å². The van der Waals surface area contributed by atoms with Gasteiger partial charge in [0.15, 0.2) is 0 Å². The molecule has 116 valence electrons. The van der Waals surface area contributed by atoms with Crippen LogP contribution >= 0.6 is 15.9 Å². The summed E-state index contributed by atoms with van der Waals surface area (Å²) in [6, 6.07) is 19.0. The van der Waals surface area contributed by atoms with Crippen molar-refractivity contribution in [3.05, 3.63) is 70.2 Å². The quantitative estimate of drug-likeness (QED) is 0.721. The SMILES string of the molecule is Nc1nc2n(n1)C(c1ccccc1)CC(c1ccc(Br)cc1)N2. The van der Waals surface area contributed by atoms with E-state index in [4.69, 9.17) is 5.73 Å². The summed E-state index contributed by atoms with van der Waals surface area (Å²) < 4.78 is 2.96. The zero-order valence-electron chi connectivity index (χ0n) is 12.4. The minimum absolute atomic E-state index is 0.117. The highest BCUT2D eigenvalue weighted by molar-refractivity contribution is 9.10. The van der Waals surface area contributed by atoms with Gasteiger partial charge in [-0.05, 0) is 29.7 Å². The fourth-order valence-electron chi connectivity index (χ4n) is 3.06. The van der Waals surface area contributed by atoms with Crippen LogP contribution in [0.25, 0.3) is 0 Å². The van der Waals surface area contributed by atoms with Crippen molar-refractivity contribution in [2.45, 2.75) is 18.5 Å². The first kappa shape index (κ1) is 14.3. The Bertz CT molecular complexity index is 813. The molecule has 2 atom stereocenters. The summed E-state index contributed by atoms with van der Waals surface area (Å²) in [6.07, 6.45) is 0.890. The molecule has 5 nitrogen and oxygen atoms in total. The van der Waals surface area contributed by atoms with Gasteiger partial charge in [0, 0.05) is 4.47 Å². The molecule has 1 aromatic heterocycles. The minimum Gasteiger partial charge on any atom is -0.366 e. The van der Waals surface area contributed by atoms with Crippen molar-refractivity contribution in [2.75, 3.05) is 11.1 Å². The van der Waals surface area contributed by atoms with Crippen molar-refractivity contribution in [3.8, 4) is 0 Å². The van der Waals surface area contributed by atoms with Gasteiger partial charge in [0.25, 0.3) is 0 Å². The second-order valence-electron chi connectivity index (χ2n) is 5.65. The molecule has 0 radical (unpaired) electrons. The first-order chi connectivity index (χ1) is 11.2. The molecule has 0 saturated heterocycles. The van der Waals surface area contributed by atoms with Crippen molar-refractivity contribution in [3.63, 3.8) is 0 Å². The zero-order chi connectivity index (χ0) is 15.8. The number of nitrogens with two attached hydrogens (primary N) is 1. The Balaban J connectivity index is 1.75. The highest BCUT2D eigenvalue weighted by atomic mass is 79.9. The molecule has 0 spiro atoms. The lowest BCUT2D eigenvalue weighted by atomic mass is 9.93. The molecular formula is C17H16BrN5. The molecule has 6 heteroatoms. The Labute approximate surface area is 142 Å². The number of hydrogen-bond donors (Lipinski definition) is 2. The molecular weight excluding hydrogens is 354 g/mol. The van der Waals surface area contributed by atoms with Crippen LogP contribution in [-0.4, -0.2) is 14.8 Å². The van der Waals surface area contributed by atoms with E-state index < -0.39 is 0 Å². The van der Waals surface area contributed by atoms with Gasteiger partial charge in [-0.25, -0.2) is 4.68 Å². The lowest BCUT2D eigenvalue weighted by Gasteiger charge is -2.31. The topological polar surface area (TPSA) is 68.8 Å². The maximum atomic E-state index is 5.81. The molecule has 23 heavy (non-hydrogen) atoms. The van der Waals surface area contributed by atoms with Crippen molar-refractivity contribution in [2.24, 2.45) is 0 Å². The predicted molar refractivity (Wildman–Crippen MR) is 94.1 cm³/mol. The molecule has 2 aromatic carbocycles.